The first-order valence-electron chi connectivity index (χ1n) is 6.09. The van der Waals surface area contributed by atoms with E-state index < -0.39 is 0 Å². The van der Waals surface area contributed by atoms with E-state index in [0.717, 1.165) is 17.3 Å². The van der Waals surface area contributed by atoms with Crippen molar-refractivity contribution in [1.29, 1.82) is 0 Å². The normalized spacial score (nSPS) is 12.6. The summed E-state index contributed by atoms with van der Waals surface area (Å²) >= 11 is 9.57. The van der Waals surface area contributed by atoms with Gasteiger partial charge in [-0.3, -0.25) is 4.79 Å². The molecule has 1 unspecified atom stereocenters. The number of carbonyl (C=O) groups excluding carboxylic acids is 1. The first-order valence-corrected chi connectivity index (χ1v) is 7.59. The zero-order valence-corrected chi connectivity index (χ0v) is 13.3. The number of hydrogen-bond acceptors (Lipinski definition) is 1. The molecule has 2 nitrogen and oxygen atoms in total. The molecule has 18 heavy (non-hydrogen) atoms. The Morgan fingerprint density at radius 1 is 1.44 bits per heavy atom. The molecule has 0 aliphatic rings. The predicted molar refractivity (Wildman–Crippen MR) is 80.7 cm³/mol. The summed E-state index contributed by atoms with van der Waals surface area (Å²) in [5.74, 6) is 0.304. The van der Waals surface area contributed by atoms with Crippen LogP contribution in [0.3, 0.4) is 0 Å². The molecule has 1 aromatic carbocycles. The van der Waals surface area contributed by atoms with Crippen LogP contribution in [-0.2, 0) is 0 Å². The molecular formula is C14H19BrClNO. The lowest BCUT2D eigenvalue weighted by Crippen LogP contribution is -2.39. The summed E-state index contributed by atoms with van der Waals surface area (Å²) in [4.78, 5) is 12.2. The SMILES string of the molecule is Cc1cccc(C(=O)NC(CCBr)C(C)C)c1Cl. The largest absolute Gasteiger partial charge is 0.349 e. The fourth-order valence-corrected chi connectivity index (χ4v) is 2.46. The summed E-state index contributed by atoms with van der Waals surface area (Å²) in [6.07, 6.45) is 0.910. The third-order valence-electron chi connectivity index (χ3n) is 2.98. The number of hydrogen-bond donors (Lipinski definition) is 1. The number of benzene rings is 1. The molecule has 100 valence electrons. The van der Waals surface area contributed by atoms with E-state index in [9.17, 15) is 4.79 Å². The maximum absolute atomic E-state index is 12.2. The molecule has 0 aliphatic carbocycles. The highest BCUT2D eigenvalue weighted by Gasteiger charge is 2.18. The van der Waals surface area contributed by atoms with Crippen molar-refractivity contribution in [2.75, 3.05) is 5.33 Å². The topological polar surface area (TPSA) is 29.1 Å². The van der Waals surface area contributed by atoms with Crippen LogP contribution in [0, 0.1) is 12.8 Å². The molecule has 0 saturated heterocycles. The number of nitrogens with one attached hydrogen (secondary N) is 1. The van der Waals surface area contributed by atoms with Gasteiger partial charge < -0.3 is 5.32 Å². The molecule has 0 heterocycles. The van der Waals surface area contributed by atoms with E-state index in [1.807, 2.05) is 19.1 Å². The Morgan fingerprint density at radius 3 is 2.67 bits per heavy atom. The minimum atomic E-state index is -0.0941. The second-order valence-corrected chi connectivity index (χ2v) is 5.91. The quantitative estimate of drug-likeness (QED) is 0.805. The van der Waals surface area contributed by atoms with Crippen LogP contribution < -0.4 is 5.32 Å². The van der Waals surface area contributed by atoms with Gasteiger partial charge in [0.1, 0.15) is 0 Å². The van der Waals surface area contributed by atoms with E-state index >= 15 is 0 Å². The minimum Gasteiger partial charge on any atom is -0.349 e. The van der Waals surface area contributed by atoms with Crippen molar-refractivity contribution in [2.45, 2.75) is 33.2 Å². The van der Waals surface area contributed by atoms with Gasteiger partial charge in [-0.05, 0) is 30.9 Å². The second-order valence-electron chi connectivity index (χ2n) is 4.74. The van der Waals surface area contributed by atoms with E-state index in [0.29, 0.717) is 16.5 Å². The van der Waals surface area contributed by atoms with Crippen molar-refractivity contribution in [2.24, 2.45) is 5.92 Å². The van der Waals surface area contributed by atoms with Crippen LogP contribution in [0.1, 0.15) is 36.2 Å². The van der Waals surface area contributed by atoms with Crippen molar-refractivity contribution >= 4 is 33.4 Å². The van der Waals surface area contributed by atoms with Gasteiger partial charge in [0.05, 0.1) is 10.6 Å². The minimum absolute atomic E-state index is 0.0941. The zero-order valence-electron chi connectivity index (χ0n) is 11.0. The maximum Gasteiger partial charge on any atom is 0.253 e. The summed E-state index contributed by atoms with van der Waals surface area (Å²) in [6.45, 7) is 6.11. The van der Waals surface area contributed by atoms with Gasteiger partial charge in [0.25, 0.3) is 5.91 Å². The zero-order chi connectivity index (χ0) is 13.7. The average molecular weight is 333 g/mol. The van der Waals surface area contributed by atoms with Gasteiger partial charge >= 0.3 is 0 Å². The van der Waals surface area contributed by atoms with E-state index in [4.69, 9.17) is 11.6 Å². The summed E-state index contributed by atoms with van der Waals surface area (Å²) < 4.78 is 0. The number of amides is 1. The van der Waals surface area contributed by atoms with Crippen LogP contribution >= 0.6 is 27.5 Å². The molecule has 0 aromatic heterocycles. The molecule has 1 N–H and O–H groups in total. The molecule has 0 fully saturated rings. The number of aryl methyl sites for hydroxylation is 1. The molecular weight excluding hydrogens is 314 g/mol. The molecule has 4 heteroatoms. The first-order chi connectivity index (χ1) is 8.47. The number of rotatable bonds is 5. The van der Waals surface area contributed by atoms with Crippen LogP contribution in [0.25, 0.3) is 0 Å². The lowest BCUT2D eigenvalue weighted by molar-refractivity contribution is 0.0925. The lowest BCUT2D eigenvalue weighted by atomic mass is 10.0. The Hall–Kier alpha value is -0.540. The molecule has 0 saturated carbocycles. The van der Waals surface area contributed by atoms with Gasteiger partial charge in [-0.25, -0.2) is 0 Å². The fraction of sp³-hybridized carbons (Fsp3) is 0.500. The second kappa shape index (κ2) is 7.15. The molecule has 0 aliphatic heterocycles. The Morgan fingerprint density at radius 2 is 2.11 bits per heavy atom. The average Bonchev–Trinajstić information content (AvgIpc) is 2.31. The van der Waals surface area contributed by atoms with E-state index in [-0.39, 0.29) is 11.9 Å². The summed E-state index contributed by atoms with van der Waals surface area (Å²) in [7, 11) is 0. The number of carbonyl (C=O) groups is 1. The van der Waals surface area contributed by atoms with Gasteiger partial charge in [0, 0.05) is 11.4 Å². The summed E-state index contributed by atoms with van der Waals surface area (Å²) in [5.41, 5.74) is 1.47. The van der Waals surface area contributed by atoms with Crippen molar-refractivity contribution < 1.29 is 4.79 Å². The Bertz CT molecular complexity index is 420. The Kier molecular flexibility index (Phi) is 6.16. The van der Waals surface area contributed by atoms with Gasteiger partial charge in [0.2, 0.25) is 0 Å². The van der Waals surface area contributed by atoms with Gasteiger partial charge in [-0.15, -0.1) is 0 Å². The van der Waals surface area contributed by atoms with Crippen LogP contribution in [0.2, 0.25) is 5.02 Å². The molecule has 1 amide bonds. The monoisotopic (exact) mass is 331 g/mol. The highest BCUT2D eigenvalue weighted by atomic mass is 79.9. The number of alkyl halides is 1. The molecule has 0 bridgehead atoms. The Balaban J connectivity index is 2.84. The van der Waals surface area contributed by atoms with E-state index in [1.54, 1.807) is 6.07 Å². The van der Waals surface area contributed by atoms with Crippen molar-refractivity contribution in [1.82, 2.24) is 5.32 Å². The van der Waals surface area contributed by atoms with Crippen LogP contribution in [-0.4, -0.2) is 17.3 Å². The third kappa shape index (κ3) is 3.99. The highest BCUT2D eigenvalue weighted by Crippen LogP contribution is 2.20. The maximum atomic E-state index is 12.2. The van der Waals surface area contributed by atoms with Gasteiger partial charge in [0.15, 0.2) is 0 Å². The number of halogens is 2. The lowest BCUT2D eigenvalue weighted by Gasteiger charge is -2.22. The van der Waals surface area contributed by atoms with Crippen LogP contribution in [0.15, 0.2) is 18.2 Å². The van der Waals surface area contributed by atoms with Gasteiger partial charge in [-0.2, -0.15) is 0 Å². The standard InChI is InChI=1S/C14H19BrClNO/c1-9(2)12(7-8-15)17-14(18)11-6-4-5-10(3)13(11)16/h4-6,9,12H,7-8H2,1-3H3,(H,17,18). The molecule has 1 rings (SSSR count). The van der Waals surface area contributed by atoms with Crippen LogP contribution in [0.4, 0.5) is 0 Å². The van der Waals surface area contributed by atoms with Crippen molar-refractivity contribution in [3.05, 3.63) is 34.3 Å². The summed E-state index contributed by atoms with van der Waals surface area (Å²) in [6, 6.07) is 5.67. The molecule has 1 aromatic rings. The highest BCUT2D eigenvalue weighted by molar-refractivity contribution is 9.09. The predicted octanol–water partition coefficient (Wildman–Crippen LogP) is 4.19. The van der Waals surface area contributed by atoms with Crippen molar-refractivity contribution in [3.8, 4) is 0 Å². The van der Waals surface area contributed by atoms with Gasteiger partial charge in [-0.1, -0.05) is 53.5 Å². The summed E-state index contributed by atoms with van der Waals surface area (Å²) in [5, 5.41) is 4.46. The fourth-order valence-electron chi connectivity index (χ4n) is 1.76. The first kappa shape index (κ1) is 15.5. The van der Waals surface area contributed by atoms with Crippen molar-refractivity contribution in [3.63, 3.8) is 0 Å². The molecule has 0 radical (unpaired) electrons. The van der Waals surface area contributed by atoms with E-state index in [2.05, 4.69) is 35.1 Å². The molecule has 1 atom stereocenters. The smallest absolute Gasteiger partial charge is 0.253 e. The Labute approximate surface area is 122 Å². The third-order valence-corrected chi connectivity index (χ3v) is 3.94. The van der Waals surface area contributed by atoms with E-state index in [1.165, 1.54) is 0 Å². The van der Waals surface area contributed by atoms with Crippen LogP contribution in [0.5, 0.6) is 0 Å². The molecule has 0 spiro atoms.